The first-order valence-electron chi connectivity index (χ1n) is 9.24. The van der Waals surface area contributed by atoms with E-state index in [9.17, 15) is 29.4 Å². The van der Waals surface area contributed by atoms with Gasteiger partial charge in [-0.2, -0.15) is 0 Å². The van der Waals surface area contributed by atoms with Crippen LogP contribution in [0, 0.1) is 5.41 Å². The van der Waals surface area contributed by atoms with Crippen molar-refractivity contribution in [2.45, 2.75) is 13.8 Å². The second-order valence-corrected chi connectivity index (χ2v) is 7.24. The molecule has 0 aromatic heterocycles. The minimum absolute atomic E-state index is 0.0497. The summed E-state index contributed by atoms with van der Waals surface area (Å²) >= 11 is 0. The molecule has 1 aliphatic carbocycles. The van der Waals surface area contributed by atoms with Gasteiger partial charge in [0.2, 0.25) is 0 Å². The first-order chi connectivity index (χ1) is 14.6. The number of pyridine rings is 1. The first-order valence-corrected chi connectivity index (χ1v) is 9.24. The standard InChI is InChI=1S/C23H16N2O6/c1-10(26)13-7-16-19-17(8-13)21(28)25(14-5-3-4-12(6-14)23(30)31)22(29)18(19)9-15(11(2)27)20(16)24/h3-9,24,27H,1-2H3,(H,30,31)/b15-11-,24-20?. The number of benzene rings is 3. The number of carboxylic acid groups (broad SMARTS) is 1. The van der Waals surface area contributed by atoms with Crippen LogP contribution in [0.5, 0.6) is 0 Å². The van der Waals surface area contributed by atoms with Gasteiger partial charge in [-0.25, -0.2) is 9.36 Å². The SMILES string of the molecule is CC(=O)c1cc2c3c(c1)c(=O)n(-c1cccc(C(=O)O)c1)c(=O)c-3c/c(=C(\C)O)c2=N. The summed E-state index contributed by atoms with van der Waals surface area (Å²) in [5, 5.41) is 28.0. The van der Waals surface area contributed by atoms with Gasteiger partial charge in [0.05, 0.1) is 22.4 Å². The van der Waals surface area contributed by atoms with Gasteiger partial charge in [-0.05, 0) is 50.2 Å². The number of hydrogen-bond donors (Lipinski definition) is 3. The third-order valence-electron chi connectivity index (χ3n) is 5.25. The lowest BCUT2D eigenvalue weighted by Gasteiger charge is -2.16. The van der Waals surface area contributed by atoms with Gasteiger partial charge in [-0.3, -0.25) is 19.8 Å². The van der Waals surface area contributed by atoms with E-state index in [1.54, 1.807) is 0 Å². The highest BCUT2D eigenvalue weighted by Crippen LogP contribution is 2.27. The van der Waals surface area contributed by atoms with Crippen molar-refractivity contribution >= 4 is 28.3 Å². The molecule has 1 heterocycles. The van der Waals surface area contributed by atoms with Gasteiger partial charge < -0.3 is 10.2 Å². The molecule has 8 heteroatoms. The fraction of sp³-hybridized carbons (Fsp3) is 0.0870. The number of rotatable bonds is 3. The van der Waals surface area contributed by atoms with Crippen molar-refractivity contribution in [3.05, 3.63) is 84.9 Å². The Balaban J connectivity index is 2.31. The number of aromatic carboxylic acids is 1. The van der Waals surface area contributed by atoms with E-state index in [4.69, 9.17) is 5.41 Å². The van der Waals surface area contributed by atoms with Crippen molar-refractivity contribution in [2.24, 2.45) is 0 Å². The highest BCUT2D eigenvalue weighted by atomic mass is 16.4. The van der Waals surface area contributed by atoms with Crippen LogP contribution in [0.4, 0.5) is 0 Å². The number of aliphatic hydroxyl groups is 1. The predicted octanol–water partition coefficient (Wildman–Crippen LogP) is 1.68. The number of nitrogens with one attached hydrogen (secondary N) is 1. The molecule has 0 spiro atoms. The molecule has 2 aromatic rings. The fourth-order valence-corrected chi connectivity index (χ4v) is 3.73. The third-order valence-corrected chi connectivity index (χ3v) is 5.25. The molecule has 2 aliphatic rings. The molecule has 0 bridgehead atoms. The summed E-state index contributed by atoms with van der Waals surface area (Å²) in [5.41, 5.74) is -1.03. The van der Waals surface area contributed by atoms with Crippen LogP contribution >= 0.6 is 0 Å². The average molecular weight is 416 g/mol. The van der Waals surface area contributed by atoms with E-state index >= 15 is 0 Å². The molecule has 0 atom stereocenters. The molecule has 0 fully saturated rings. The normalized spacial score (nSPS) is 12.3. The van der Waals surface area contributed by atoms with Crippen molar-refractivity contribution in [1.82, 2.24) is 4.57 Å². The van der Waals surface area contributed by atoms with Crippen LogP contribution in [0.25, 0.3) is 33.3 Å². The van der Waals surface area contributed by atoms with Crippen molar-refractivity contribution in [2.75, 3.05) is 0 Å². The van der Waals surface area contributed by atoms with E-state index in [1.807, 2.05) is 0 Å². The van der Waals surface area contributed by atoms with Crippen LogP contribution in [0.2, 0.25) is 0 Å². The van der Waals surface area contributed by atoms with E-state index in [0.717, 1.165) is 4.57 Å². The molecular weight excluding hydrogens is 400 g/mol. The Morgan fingerprint density at radius 3 is 2.19 bits per heavy atom. The van der Waals surface area contributed by atoms with E-state index in [0.29, 0.717) is 0 Å². The number of nitrogens with zero attached hydrogens (tertiary/aromatic N) is 1. The molecule has 0 saturated heterocycles. The van der Waals surface area contributed by atoms with Gasteiger partial charge in [0.15, 0.2) is 5.78 Å². The van der Waals surface area contributed by atoms with E-state index < -0.39 is 17.1 Å². The zero-order valence-corrected chi connectivity index (χ0v) is 16.5. The number of carboxylic acids is 1. The Labute approximate surface area is 174 Å². The van der Waals surface area contributed by atoms with E-state index in [-0.39, 0.29) is 60.8 Å². The van der Waals surface area contributed by atoms with Crippen LogP contribution < -0.4 is 21.7 Å². The summed E-state index contributed by atoms with van der Waals surface area (Å²) in [7, 11) is 0. The summed E-state index contributed by atoms with van der Waals surface area (Å²) in [6, 6.07) is 9.52. The summed E-state index contributed by atoms with van der Waals surface area (Å²) < 4.78 is 0.841. The number of carbonyl (C=O) groups is 2. The maximum absolute atomic E-state index is 13.3. The minimum Gasteiger partial charge on any atom is -0.512 e. The topological polar surface area (TPSA) is 138 Å². The minimum atomic E-state index is -1.22. The largest absolute Gasteiger partial charge is 0.512 e. The van der Waals surface area contributed by atoms with Gasteiger partial charge in [0.1, 0.15) is 0 Å². The summed E-state index contributed by atoms with van der Waals surface area (Å²) in [6.45, 7) is 2.69. The molecule has 2 aromatic carbocycles. The van der Waals surface area contributed by atoms with Crippen LogP contribution in [-0.2, 0) is 0 Å². The lowest BCUT2D eigenvalue weighted by molar-refractivity contribution is 0.0696. The molecule has 0 amide bonds. The van der Waals surface area contributed by atoms with Gasteiger partial charge in [0, 0.05) is 32.7 Å². The summed E-state index contributed by atoms with van der Waals surface area (Å²) in [6.07, 6.45) is 0. The van der Waals surface area contributed by atoms with Crippen molar-refractivity contribution in [3.8, 4) is 16.8 Å². The first kappa shape index (κ1) is 20.0. The van der Waals surface area contributed by atoms with Gasteiger partial charge in [0.25, 0.3) is 11.1 Å². The zero-order valence-electron chi connectivity index (χ0n) is 16.5. The Bertz CT molecular complexity index is 1610. The number of ketones is 1. The third kappa shape index (κ3) is 2.96. The van der Waals surface area contributed by atoms with E-state index in [1.165, 1.54) is 56.3 Å². The molecule has 3 N–H and O–H groups in total. The van der Waals surface area contributed by atoms with Crippen LogP contribution in [0.1, 0.15) is 34.6 Å². The number of Topliss-reactive ketones (excluding diaryl/α,β-unsaturated/α-hetero) is 1. The van der Waals surface area contributed by atoms with E-state index in [2.05, 4.69) is 0 Å². The molecule has 1 aliphatic heterocycles. The van der Waals surface area contributed by atoms with Crippen LogP contribution in [0.15, 0.2) is 52.1 Å². The van der Waals surface area contributed by atoms with Crippen LogP contribution in [0.3, 0.4) is 0 Å². The second-order valence-electron chi connectivity index (χ2n) is 7.24. The zero-order chi connectivity index (χ0) is 22.6. The summed E-state index contributed by atoms with van der Waals surface area (Å²) in [5.74, 6) is -1.74. The Hall–Kier alpha value is -4.33. The number of carbonyl (C=O) groups excluding carboxylic acids is 1. The fourth-order valence-electron chi connectivity index (χ4n) is 3.73. The highest BCUT2D eigenvalue weighted by Gasteiger charge is 2.23. The van der Waals surface area contributed by atoms with Crippen molar-refractivity contribution in [1.29, 1.82) is 5.41 Å². The lowest BCUT2D eigenvalue weighted by atomic mass is 9.91. The Kier molecular flexibility index (Phi) is 4.43. The molecule has 31 heavy (non-hydrogen) atoms. The number of aliphatic hydroxyl groups excluding tert-OH is 1. The Morgan fingerprint density at radius 2 is 1.58 bits per heavy atom. The van der Waals surface area contributed by atoms with Gasteiger partial charge in [-0.15, -0.1) is 0 Å². The molecule has 4 rings (SSSR count). The average Bonchev–Trinajstić information content (AvgIpc) is 2.72. The molecule has 154 valence electrons. The second kappa shape index (κ2) is 6.88. The van der Waals surface area contributed by atoms with Crippen LogP contribution in [-0.4, -0.2) is 26.5 Å². The highest BCUT2D eigenvalue weighted by molar-refractivity contribution is 6.04. The molecule has 0 radical (unpaired) electrons. The number of hydrogen-bond acceptors (Lipinski definition) is 6. The van der Waals surface area contributed by atoms with Gasteiger partial charge in [-0.1, -0.05) is 6.07 Å². The molecular formula is C23H16N2O6. The molecule has 0 saturated carbocycles. The monoisotopic (exact) mass is 416 g/mol. The number of aromatic nitrogens is 1. The lowest BCUT2D eigenvalue weighted by Crippen LogP contribution is -2.37. The van der Waals surface area contributed by atoms with Crippen molar-refractivity contribution in [3.63, 3.8) is 0 Å². The summed E-state index contributed by atoms with van der Waals surface area (Å²) in [4.78, 5) is 50.1. The predicted molar refractivity (Wildman–Crippen MR) is 113 cm³/mol. The smallest absolute Gasteiger partial charge is 0.335 e. The Morgan fingerprint density at radius 1 is 0.903 bits per heavy atom. The van der Waals surface area contributed by atoms with Crippen molar-refractivity contribution < 1.29 is 19.8 Å². The maximum Gasteiger partial charge on any atom is 0.335 e. The maximum atomic E-state index is 13.3. The quantitative estimate of drug-likeness (QED) is 0.435. The molecule has 0 unspecified atom stereocenters. The van der Waals surface area contributed by atoms with Gasteiger partial charge >= 0.3 is 5.97 Å². The molecule has 8 nitrogen and oxygen atoms in total.